The summed E-state index contributed by atoms with van der Waals surface area (Å²) < 4.78 is 5.20. The molecule has 0 saturated carbocycles. The Morgan fingerprint density at radius 2 is 2.04 bits per heavy atom. The van der Waals surface area contributed by atoms with Gasteiger partial charge in [-0.3, -0.25) is 9.78 Å². The smallest absolute Gasteiger partial charge is 0.251 e. The fourth-order valence-electron chi connectivity index (χ4n) is 2.48. The van der Waals surface area contributed by atoms with Crippen LogP contribution in [0.4, 0.5) is 0 Å². The van der Waals surface area contributed by atoms with Gasteiger partial charge in [0.25, 0.3) is 5.91 Å². The quantitative estimate of drug-likeness (QED) is 0.688. The minimum Gasteiger partial charge on any atom is -0.380 e. The van der Waals surface area contributed by atoms with Gasteiger partial charge in [-0.05, 0) is 31.2 Å². The molecule has 0 spiro atoms. The van der Waals surface area contributed by atoms with Crippen LogP contribution < -0.4 is 5.32 Å². The van der Waals surface area contributed by atoms with E-state index in [1.165, 1.54) is 0 Å². The summed E-state index contributed by atoms with van der Waals surface area (Å²) in [6.45, 7) is 3.63. The highest BCUT2D eigenvalue weighted by molar-refractivity contribution is 5.96. The number of hydrogen-bond acceptors (Lipinski definition) is 3. The number of hydrogen-bond donors (Lipinski definition) is 2. The van der Waals surface area contributed by atoms with Crippen molar-refractivity contribution in [2.75, 3.05) is 19.8 Å². The van der Waals surface area contributed by atoms with E-state index in [-0.39, 0.29) is 5.91 Å². The number of aromatic nitrogens is 2. The first-order valence-corrected chi connectivity index (χ1v) is 7.68. The third kappa shape index (κ3) is 3.40. The number of carbonyl (C=O) groups excluding carboxylic acids is 1. The van der Waals surface area contributed by atoms with E-state index in [4.69, 9.17) is 4.74 Å². The second kappa shape index (κ2) is 7.07. The Labute approximate surface area is 134 Å². The van der Waals surface area contributed by atoms with Crippen LogP contribution >= 0.6 is 0 Å². The number of aromatic amines is 1. The molecule has 0 radical (unpaired) electrons. The van der Waals surface area contributed by atoms with Gasteiger partial charge in [-0.1, -0.05) is 12.1 Å². The van der Waals surface area contributed by atoms with Gasteiger partial charge in [0, 0.05) is 47.6 Å². The van der Waals surface area contributed by atoms with Crippen molar-refractivity contribution < 1.29 is 9.53 Å². The molecule has 23 heavy (non-hydrogen) atoms. The molecule has 3 rings (SSSR count). The normalized spacial score (nSPS) is 10.8. The summed E-state index contributed by atoms with van der Waals surface area (Å²) in [7, 11) is 0. The number of rotatable bonds is 6. The molecule has 2 N–H and O–H groups in total. The molecule has 1 amide bonds. The van der Waals surface area contributed by atoms with Crippen LogP contribution in [0, 0.1) is 0 Å². The molecular weight excluding hydrogens is 290 g/mol. The fraction of sp³-hybridized carbons (Fsp3) is 0.222. The van der Waals surface area contributed by atoms with Crippen LogP contribution in [-0.4, -0.2) is 35.6 Å². The van der Waals surface area contributed by atoms with Crippen molar-refractivity contribution >= 4 is 16.8 Å². The van der Waals surface area contributed by atoms with Crippen molar-refractivity contribution in [3.8, 4) is 11.3 Å². The van der Waals surface area contributed by atoms with Gasteiger partial charge in [-0.15, -0.1) is 0 Å². The lowest BCUT2D eigenvalue weighted by atomic mass is 10.1. The second-order valence-corrected chi connectivity index (χ2v) is 5.13. The molecule has 5 heteroatoms. The van der Waals surface area contributed by atoms with Gasteiger partial charge in [0.15, 0.2) is 0 Å². The highest BCUT2D eigenvalue weighted by Gasteiger charge is 2.08. The molecule has 2 aromatic heterocycles. The summed E-state index contributed by atoms with van der Waals surface area (Å²) in [6, 6.07) is 11.4. The monoisotopic (exact) mass is 309 g/mol. The SMILES string of the molecule is CCOCCNC(=O)c1ccc(-c2nccc3[nH]ccc23)cc1. The molecule has 0 saturated heterocycles. The Hall–Kier alpha value is -2.66. The van der Waals surface area contributed by atoms with Crippen molar-refractivity contribution in [3.05, 3.63) is 54.4 Å². The maximum absolute atomic E-state index is 12.0. The fourth-order valence-corrected chi connectivity index (χ4v) is 2.48. The van der Waals surface area contributed by atoms with Gasteiger partial charge < -0.3 is 15.0 Å². The predicted molar refractivity (Wildman–Crippen MR) is 90.4 cm³/mol. The molecule has 1 aromatic carbocycles. The number of nitrogens with zero attached hydrogens (tertiary/aromatic N) is 1. The lowest BCUT2D eigenvalue weighted by molar-refractivity contribution is 0.0922. The van der Waals surface area contributed by atoms with Gasteiger partial charge >= 0.3 is 0 Å². The number of carbonyl (C=O) groups is 1. The third-order valence-corrected chi connectivity index (χ3v) is 3.64. The average molecular weight is 309 g/mol. The van der Waals surface area contributed by atoms with Crippen molar-refractivity contribution in [2.24, 2.45) is 0 Å². The van der Waals surface area contributed by atoms with E-state index in [0.717, 1.165) is 22.2 Å². The molecule has 5 nitrogen and oxygen atoms in total. The Balaban J connectivity index is 1.74. The number of fused-ring (bicyclic) bond motifs is 1. The predicted octanol–water partition coefficient (Wildman–Crippen LogP) is 3.00. The summed E-state index contributed by atoms with van der Waals surface area (Å²) in [5.74, 6) is -0.0935. The van der Waals surface area contributed by atoms with Gasteiger partial charge in [-0.25, -0.2) is 0 Å². The highest BCUT2D eigenvalue weighted by atomic mass is 16.5. The van der Waals surface area contributed by atoms with E-state index in [0.29, 0.717) is 25.3 Å². The van der Waals surface area contributed by atoms with Crippen LogP contribution in [0.1, 0.15) is 17.3 Å². The second-order valence-electron chi connectivity index (χ2n) is 5.13. The topological polar surface area (TPSA) is 67.0 Å². The van der Waals surface area contributed by atoms with E-state index in [1.807, 2.05) is 49.5 Å². The number of amides is 1. The van der Waals surface area contributed by atoms with E-state index in [2.05, 4.69) is 15.3 Å². The first-order valence-electron chi connectivity index (χ1n) is 7.68. The van der Waals surface area contributed by atoms with Crippen LogP contribution in [0.5, 0.6) is 0 Å². The Bertz CT molecular complexity index is 793. The lowest BCUT2D eigenvalue weighted by Crippen LogP contribution is -2.27. The zero-order valence-corrected chi connectivity index (χ0v) is 13.0. The van der Waals surface area contributed by atoms with Gasteiger partial charge in [-0.2, -0.15) is 0 Å². The molecule has 0 fully saturated rings. The minimum atomic E-state index is -0.0935. The molecule has 0 aliphatic heterocycles. The maximum Gasteiger partial charge on any atom is 0.251 e. The summed E-state index contributed by atoms with van der Waals surface area (Å²) in [5, 5.41) is 3.90. The summed E-state index contributed by atoms with van der Waals surface area (Å²) in [5.41, 5.74) is 3.58. The van der Waals surface area contributed by atoms with Crippen LogP contribution in [-0.2, 0) is 4.74 Å². The lowest BCUT2D eigenvalue weighted by Gasteiger charge is -2.07. The van der Waals surface area contributed by atoms with E-state index in [9.17, 15) is 4.79 Å². The van der Waals surface area contributed by atoms with Crippen LogP contribution in [0.3, 0.4) is 0 Å². The largest absolute Gasteiger partial charge is 0.380 e. The number of H-pyrrole nitrogens is 1. The van der Waals surface area contributed by atoms with E-state index >= 15 is 0 Å². The number of benzene rings is 1. The van der Waals surface area contributed by atoms with E-state index in [1.54, 1.807) is 6.20 Å². The Kier molecular flexibility index (Phi) is 4.68. The molecule has 0 aliphatic carbocycles. The number of ether oxygens (including phenoxy) is 1. The minimum absolute atomic E-state index is 0.0935. The van der Waals surface area contributed by atoms with E-state index < -0.39 is 0 Å². The van der Waals surface area contributed by atoms with Crippen molar-refractivity contribution in [1.29, 1.82) is 0 Å². The van der Waals surface area contributed by atoms with Crippen LogP contribution in [0.15, 0.2) is 48.8 Å². The van der Waals surface area contributed by atoms with Crippen LogP contribution in [0.2, 0.25) is 0 Å². The van der Waals surface area contributed by atoms with Crippen molar-refractivity contribution in [3.63, 3.8) is 0 Å². The molecule has 2 heterocycles. The molecule has 0 bridgehead atoms. The molecule has 118 valence electrons. The first kappa shape index (κ1) is 15.2. The Morgan fingerprint density at radius 1 is 1.22 bits per heavy atom. The van der Waals surface area contributed by atoms with Crippen molar-refractivity contribution in [2.45, 2.75) is 6.92 Å². The van der Waals surface area contributed by atoms with Gasteiger partial charge in [0.05, 0.1) is 12.3 Å². The van der Waals surface area contributed by atoms with Crippen molar-refractivity contribution in [1.82, 2.24) is 15.3 Å². The van der Waals surface area contributed by atoms with Gasteiger partial charge in [0.1, 0.15) is 0 Å². The highest BCUT2D eigenvalue weighted by Crippen LogP contribution is 2.25. The molecule has 0 unspecified atom stereocenters. The zero-order chi connectivity index (χ0) is 16.1. The summed E-state index contributed by atoms with van der Waals surface area (Å²) in [6.07, 6.45) is 3.68. The maximum atomic E-state index is 12.0. The number of nitrogens with one attached hydrogen (secondary N) is 2. The third-order valence-electron chi connectivity index (χ3n) is 3.64. The molecule has 3 aromatic rings. The average Bonchev–Trinajstić information content (AvgIpc) is 3.07. The molecular formula is C18H19N3O2. The van der Waals surface area contributed by atoms with Crippen LogP contribution in [0.25, 0.3) is 22.2 Å². The molecule has 0 atom stereocenters. The molecule has 0 aliphatic rings. The summed E-state index contributed by atoms with van der Waals surface area (Å²) >= 11 is 0. The van der Waals surface area contributed by atoms with Gasteiger partial charge in [0.2, 0.25) is 0 Å². The Morgan fingerprint density at radius 3 is 2.83 bits per heavy atom. The first-order chi connectivity index (χ1) is 11.3. The summed E-state index contributed by atoms with van der Waals surface area (Å²) in [4.78, 5) is 19.7. The zero-order valence-electron chi connectivity index (χ0n) is 13.0. The standard InChI is InChI=1S/C18H19N3O2/c1-2-23-12-11-21-18(22)14-5-3-13(4-6-14)17-15-7-9-19-16(15)8-10-20-17/h3-10,19H,2,11-12H2,1H3,(H,21,22). The number of pyridine rings is 1.